The number of hydrogen-bond acceptors (Lipinski definition) is 4. The number of allylic oxidation sites excluding steroid dienone is 6. The highest BCUT2D eigenvalue weighted by Gasteiger charge is 2.29. The molecule has 0 fully saturated rings. The molecule has 8 heteroatoms. The Labute approximate surface area is 130 Å². The van der Waals surface area contributed by atoms with Crippen LogP contribution < -0.4 is 5.32 Å². The molecule has 4 N–H and O–H groups in total. The average Bonchev–Trinajstić information content (AvgIpc) is 2.73. The molecule has 124 valence electrons. The van der Waals surface area contributed by atoms with Crippen LogP contribution in [0.25, 0.3) is 0 Å². The Balaban J connectivity index is 2.58. The van der Waals surface area contributed by atoms with E-state index in [1.54, 1.807) is 6.92 Å². The molecule has 1 aliphatic rings. The number of nitrogens with zero attached hydrogens (tertiary/aromatic N) is 1. The summed E-state index contributed by atoms with van der Waals surface area (Å²) in [5.74, 6) is -1.75. The molecule has 0 radical (unpaired) electrons. The standard InChI is InChI=1S/C14H23N2O5P/c1-2-16(18)14(17)11-15-13(22(19,20)21)10-9-12-7-5-3-4-6-8-12/h3,5-8,13,15,18H,2,4,9-11H2,1H3,(H2,19,20,21). The molecule has 0 aromatic carbocycles. The summed E-state index contributed by atoms with van der Waals surface area (Å²) in [6.45, 7) is 1.39. The quantitative estimate of drug-likeness (QED) is 0.305. The van der Waals surface area contributed by atoms with Gasteiger partial charge in [-0.2, -0.15) is 0 Å². The summed E-state index contributed by atoms with van der Waals surface area (Å²) in [6.07, 6.45) is 11.2. The van der Waals surface area contributed by atoms with Crippen LogP contribution in [-0.4, -0.2) is 44.8 Å². The first-order chi connectivity index (χ1) is 10.3. The number of nitrogens with one attached hydrogen (secondary N) is 1. The maximum atomic E-state index is 11.5. The third kappa shape index (κ3) is 6.68. The van der Waals surface area contributed by atoms with Gasteiger partial charge in [-0.3, -0.25) is 19.9 Å². The molecular weight excluding hydrogens is 307 g/mol. The third-order valence-electron chi connectivity index (χ3n) is 3.24. The maximum Gasteiger partial charge on any atom is 0.342 e. The second-order valence-corrected chi connectivity index (χ2v) is 6.74. The van der Waals surface area contributed by atoms with E-state index in [-0.39, 0.29) is 19.5 Å². The summed E-state index contributed by atoms with van der Waals surface area (Å²) in [6, 6.07) is 0. The topological polar surface area (TPSA) is 110 Å². The lowest BCUT2D eigenvalue weighted by Crippen LogP contribution is -2.40. The zero-order valence-electron chi connectivity index (χ0n) is 12.6. The van der Waals surface area contributed by atoms with Gasteiger partial charge in [0.2, 0.25) is 0 Å². The highest BCUT2D eigenvalue weighted by atomic mass is 31.2. The molecule has 0 saturated heterocycles. The average molecular weight is 330 g/mol. The Morgan fingerprint density at radius 1 is 1.45 bits per heavy atom. The van der Waals surface area contributed by atoms with E-state index in [1.165, 1.54) is 0 Å². The number of carbonyl (C=O) groups is 1. The summed E-state index contributed by atoms with van der Waals surface area (Å²) in [5.41, 5.74) is 0.970. The molecular formula is C14H23N2O5P. The first-order valence-electron chi connectivity index (χ1n) is 7.14. The van der Waals surface area contributed by atoms with Crippen molar-refractivity contribution >= 4 is 13.5 Å². The minimum Gasteiger partial charge on any atom is -0.323 e. The Kier molecular flexibility index (Phi) is 7.72. The van der Waals surface area contributed by atoms with Gasteiger partial charge in [-0.1, -0.05) is 30.4 Å². The van der Waals surface area contributed by atoms with Crippen LogP contribution in [0.2, 0.25) is 0 Å². The Hall–Kier alpha value is -1.24. The molecule has 0 spiro atoms. The van der Waals surface area contributed by atoms with Crippen LogP contribution in [0.3, 0.4) is 0 Å². The molecule has 1 amide bonds. The molecule has 0 aromatic rings. The van der Waals surface area contributed by atoms with Crippen molar-refractivity contribution in [3.8, 4) is 0 Å². The van der Waals surface area contributed by atoms with Crippen LogP contribution in [-0.2, 0) is 9.36 Å². The number of rotatable bonds is 8. The molecule has 22 heavy (non-hydrogen) atoms. The molecule has 0 saturated carbocycles. The summed E-state index contributed by atoms with van der Waals surface area (Å²) in [4.78, 5) is 30.2. The van der Waals surface area contributed by atoms with Crippen molar-refractivity contribution in [1.29, 1.82) is 0 Å². The van der Waals surface area contributed by atoms with Gasteiger partial charge in [0, 0.05) is 6.54 Å². The van der Waals surface area contributed by atoms with Crippen LogP contribution >= 0.6 is 7.60 Å². The molecule has 0 bridgehead atoms. The van der Waals surface area contributed by atoms with Gasteiger partial charge in [0.05, 0.1) is 6.54 Å². The van der Waals surface area contributed by atoms with Crippen molar-refractivity contribution in [3.63, 3.8) is 0 Å². The van der Waals surface area contributed by atoms with E-state index in [0.717, 1.165) is 12.0 Å². The molecule has 1 rings (SSSR count). The Morgan fingerprint density at radius 3 is 2.82 bits per heavy atom. The fourth-order valence-electron chi connectivity index (χ4n) is 1.96. The summed E-state index contributed by atoms with van der Waals surface area (Å²) < 4.78 is 11.5. The number of hydroxylamine groups is 2. The van der Waals surface area contributed by atoms with E-state index in [1.807, 2.05) is 30.4 Å². The van der Waals surface area contributed by atoms with E-state index >= 15 is 0 Å². The van der Waals surface area contributed by atoms with Crippen molar-refractivity contribution < 1.29 is 24.4 Å². The summed E-state index contributed by atoms with van der Waals surface area (Å²) in [5, 5.41) is 12.3. The second-order valence-electron chi connectivity index (χ2n) is 4.94. The van der Waals surface area contributed by atoms with Gasteiger partial charge in [-0.05, 0) is 31.8 Å². The fourth-order valence-corrected chi connectivity index (χ4v) is 2.75. The van der Waals surface area contributed by atoms with Crippen LogP contribution in [0.4, 0.5) is 0 Å². The van der Waals surface area contributed by atoms with E-state index in [4.69, 9.17) is 0 Å². The number of carbonyl (C=O) groups excluding carboxylic acids is 1. The predicted octanol–water partition coefficient (Wildman–Crippen LogP) is 1.54. The highest BCUT2D eigenvalue weighted by molar-refractivity contribution is 7.52. The first kappa shape index (κ1) is 18.8. The predicted molar refractivity (Wildman–Crippen MR) is 83.2 cm³/mol. The van der Waals surface area contributed by atoms with E-state index in [0.29, 0.717) is 11.5 Å². The van der Waals surface area contributed by atoms with Gasteiger partial charge in [0.15, 0.2) is 0 Å². The number of amides is 1. The second kappa shape index (κ2) is 9.02. The SMILES string of the molecule is CCN(O)C(=O)CNC(CCC1=CC=CCC=C1)P(=O)(O)O. The van der Waals surface area contributed by atoms with E-state index in [2.05, 4.69) is 5.32 Å². The zero-order valence-corrected chi connectivity index (χ0v) is 13.4. The Morgan fingerprint density at radius 2 is 2.18 bits per heavy atom. The fraction of sp³-hybridized carbons (Fsp3) is 0.500. The Bertz CT molecular complexity index is 509. The van der Waals surface area contributed by atoms with Gasteiger partial charge >= 0.3 is 7.60 Å². The van der Waals surface area contributed by atoms with Crippen LogP contribution in [0.5, 0.6) is 0 Å². The van der Waals surface area contributed by atoms with Gasteiger partial charge in [-0.25, -0.2) is 5.06 Å². The van der Waals surface area contributed by atoms with E-state index < -0.39 is 19.3 Å². The molecule has 1 aliphatic carbocycles. The monoisotopic (exact) mass is 330 g/mol. The normalized spacial score (nSPS) is 16.1. The summed E-state index contributed by atoms with van der Waals surface area (Å²) in [7, 11) is -4.38. The highest BCUT2D eigenvalue weighted by Crippen LogP contribution is 2.42. The molecule has 0 aliphatic heterocycles. The maximum absolute atomic E-state index is 11.5. The number of likely N-dealkylation sites (N-methyl/N-ethyl adjacent to an activating group) is 1. The van der Waals surface area contributed by atoms with Gasteiger partial charge < -0.3 is 9.79 Å². The van der Waals surface area contributed by atoms with Crippen LogP contribution in [0.1, 0.15) is 26.2 Å². The van der Waals surface area contributed by atoms with E-state index in [9.17, 15) is 24.4 Å². The first-order valence-corrected chi connectivity index (χ1v) is 8.82. The largest absolute Gasteiger partial charge is 0.342 e. The van der Waals surface area contributed by atoms with Gasteiger partial charge in [0.1, 0.15) is 5.78 Å². The lowest BCUT2D eigenvalue weighted by molar-refractivity contribution is -0.163. The van der Waals surface area contributed by atoms with Crippen molar-refractivity contribution in [2.75, 3.05) is 13.1 Å². The van der Waals surface area contributed by atoms with Crippen LogP contribution in [0, 0.1) is 0 Å². The van der Waals surface area contributed by atoms with Crippen molar-refractivity contribution in [1.82, 2.24) is 10.4 Å². The molecule has 0 aromatic heterocycles. The summed E-state index contributed by atoms with van der Waals surface area (Å²) >= 11 is 0. The smallest absolute Gasteiger partial charge is 0.323 e. The third-order valence-corrected chi connectivity index (χ3v) is 4.49. The molecule has 1 atom stereocenters. The van der Waals surface area contributed by atoms with Gasteiger partial charge in [-0.15, -0.1) is 0 Å². The number of hydrogen-bond donors (Lipinski definition) is 4. The lowest BCUT2D eigenvalue weighted by Gasteiger charge is -2.21. The van der Waals surface area contributed by atoms with Crippen molar-refractivity contribution in [3.05, 3.63) is 36.0 Å². The molecule has 7 nitrogen and oxygen atoms in total. The minimum absolute atomic E-state index is 0.116. The van der Waals surface area contributed by atoms with Crippen molar-refractivity contribution in [2.24, 2.45) is 0 Å². The molecule has 1 unspecified atom stereocenters. The molecule has 0 heterocycles. The zero-order chi connectivity index (χ0) is 16.6. The van der Waals surface area contributed by atoms with Gasteiger partial charge in [0.25, 0.3) is 5.91 Å². The minimum atomic E-state index is -4.38. The lowest BCUT2D eigenvalue weighted by atomic mass is 10.1. The van der Waals surface area contributed by atoms with Crippen molar-refractivity contribution in [2.45, 2.75) is 32.0 Å². The van der Waals surface area contributed by atoms with Crippen LogP contribution in [0.15, 0.2) is 36.0 Å².